The number of hydrogen-bond acceptors (Lipinski definition) is 6. The molecule has 10 heteroatoms. The van der Waals surface area contributed by atoms with Gasteiger partial charge in [-0.1, -0.05) is 65.8 Å². The quantitative estimate of drug-likeness (QED) is 0.328. The second-order valence-electron chi connectivity index (χ2n) is 14.1. The lowest BCUT2D eigenvalue weighted by atomic mass is 10.1. The summed E-state index contributed by atoms with van der Waals surface area (Å²) in [5.74, 6) is 0. The van der Waals surface area contributed by atoms with Gasteiger partial charge in [0.15, 0.2) is 16.6 Å². The van der Waals surface area contributed by atoms with Gasteiger partial charge >= 0.3 is 5.69 Å². The first-order valence-electron chi connectivity index (χ1n) is 14.3. The van der Waals surface area contributed by atoms with E-state index in [-0.39, 0.29) is 28.9 Å². The molecule has 0 bridgehead atoms. The summed E-state index contributed by atoms with van der Waals surface area (Å²) >= 11 is 0. The Bertz CT molecular complexity index is 1270. The zero-order chi connectivity index (χ0) is 30.1. The third kappa shape index (κ3) is 7.71. The molecule has 0 spiro atoms. The molecule has 1 aromatic heterocycles. The average molecular weight is 591 g/mol. The maximum atomic E-state index is 13.0. The van der Waals surface area contributed by atoms with E-state index in [0.29, 0.717) is 25.2 Å². The van der Waals surface area contributed by atoms with Gasteiger partial charge in [0, 0.05) is 12.6 Å². The largest absolute Gasteiger partial charge is 0.414 e. The third-order valence-electron chi connectivity index (χ3n) is 8.98. The Balaban J connectivity index is 1.83. The Kier molecular flexibility index (Phi) is 9.96. The number of H-pyrrole nitrogens is 1. The van der Waals surface area contributed by atoms with E-state index in [1.807, 2.05) is 31.2 Å². The van der Waals surface area contributed by atoms with Gasteiger partial charge in [-0.25, -0.2) is 4.79 Å². The van der Waals surface area contributed by atoms with Crippen LogP contribution in [0.1, 0.15) is 70.9 Å². The number of nitrogens with one attached hydrogen (secondary N) is 1. The monoisotopic (exact) mass is 590 g/mol. The topological polar surface area (TPSA) is 91.8 Å². The number of aromatic nitrogens is 2. The van der Waals surface area contributed by atoms with Crippen molar-refractivity contribution in [3.63, 3.8) is 0 Å². The second kappa shape index (κ2) is 12.2. The molecule has 3 rings (SSSR count). The summed E-state index contributed by atoms with van der Waals surface area (Å²) in [5, 5.41) is 0.0796. The molecule has 2 heterocycles. The van der Waals surface area contributed by atoms with E-state index in [9.17, 15) is 9.59 Å². The number of rotatable bonds is 10. The molecule has 40 heavy (non-hydrogen) atoms. The highest BCUT2D eigenvalue weighted by Gasteiger charge is 2.46. The van der Waals surface area contributed by atoms with Gasteiger partial charge in [0.25, 0.3) is 5.56 Å². The molecule has 0 saturated carbocycles. The van der Waals surface area contributed by atoms with Crippen molar-refractivity contribution in [3.8, 4) is 0 Å². The van der Waals surface area contributed by atoms with E-state index < -0.39 is 34.1 Å². The fourth-order valence-corrected chi connectivity index (χ4v) is 6.47. The van der Waals surface area contributed by atoms with Gasteiger partial charge in [0.1, 0.15) is 12.3 Å². The Morgan fingerprint density at radius 1 is 0.950 bits per heavy atom. The molecule has 1 N–H and O–H groups in total. The van der Waals surface area contributed by atoms with Crippen molar-refractivity contribution < 1.29 is 18.3 Å². The number of ether oxygens (including phenoxy) is 2. The van der Waals surface area contributed by atoms with E-state index in [2.05, 4.69) is 72.7 Å². The van der Waals surface area contributed by atoms with Crippen LogP contribution in [0, 0.1) is 6.92 Å². The summed E-state index contributed by atoms with van der Waals surface area (Å²) in [6.45, 7) is 25.0. The number of aromatic amines is 1. The van der Waals surface area contributed by atoms with Crippen molar-refractivity contribution >= 4 is 16.6 Å². The molecule has 0 unspecified atom stereocenters. The van der Waals surface area contributed by atoms with Crippen LogP contribution in [0.3, 0.4) is 0 Å². The first-order valence-corrected chi connectivity index (χ1v) is 20.1. The van der Waals surface area contributed by atoms with Crippen LogP contribution in [0.5, 0.6) is 0 Å². The second-order valence-corrected chi connectivity index (χ2v) is 23.7. The molecular weight excluding hydrogens is 541 g/mol. The lowest BCUT2D eigenvalue weighted by molar-refractivity contribution is -0.0414. The zero-order valence-corrected chi connectivity index (χ0v) is 28.3. The van der Waals surface area contributed by atoms with Crippen LogP contribution in [-0.4, -0.2) is 45.0 Å². The van der Waals surface area contributed by atoms with Crippen LogP contribution in [-0.2, 0) is 31.5 Å². The number of hydrogen-bond donors (Lipinski definition) is 1. The summed E-state index contributed by atoms with van der Waals surface area (Å²) in [5.41, 5.74) is 1.60. The van der Waals surface area contributed by atoms with Gasteiger partial charge in [-0.3, -0.25) is 14.3 Å². The van der Waals surface area contributed by atoms with E-state index in [0.717, 1.165) is 11.1 Å². The van der Waals surface area contributed by atoms with E-state index >= 15 is 0 Å². The van der Waals surface area contributed by atoms with Crippen molar-refractivity contribution in [1.29, 1.82) is 0 Å². The highest BCUT2D eigenvalue weighted by Crippen LogP contribution is 2.42. The highest BCUT2D eigenvalue weighted by atomic mass is 28.4. The van der Waals surface area contributed by atoms with Crippen LogP contribution in [0.15, 0.2) is 40.1 Å². The number of nitrogens with zero attached hydrogens (tertiary/aromatic N) is 1. The van der Waals surface area contributed by atoms with Crippen LogP contribution in [0.25, 0.3) is 0 Å². The summed E-state index contributed by atoms with van der Waals surface area (Å²) < 4.78 is 27.2. The fraction of sp³-hybridized carbons (Fsp3) is 0.667. The Morgan fingerprint density at radius 2 is 1.55 bits per heavy atom. The molecule has 0 amide bonds. The van der Waals surface area contributed by atoms with Crippen LogP contribution >= 0.6 is 0 Å². The summed E-state index contributed by atoms with van der Waals surface area (Å²) in [6.07, 6.45) is 0.933. The maximum absolute atomic E-state index is 13.0. The van der Waals surface area contributed by atoms with Crippen molar-refractivity contribution in [2.75, 3.05) is 6.61 Å². The molecule has 3 atom stereocenters. The number of benzene rings is 1. The fourth-order valence-electron chi connectivity index (χ4n) is 4.09. The average Bonchev–Trinajstić information content (AvgIpc) is 3.20. The standard InChI is InChI=1S/C30H50N2O6Si2/c1-21-14-12-13-15-22(21)18-35-19-23-17-32(28(34)31-27(23)33)26-16-24(38-40(10,11)30(5,6)7)25(37-26)20-36-39(8,9)29(2,3)4/h12-15,17,24-26H,16,18-20H2,1-11H3,(H,31,33,34)/t24-,25+,26+/m0/s1. The first-order chi connectivity index (χ1) is 18.3. The minimum atomic E-state index is -2.13. The molecule has 2 aromatic rings. The SMILES string of the molecule is Cc1ccccc1COCc1cn([C@H]2C[C@H](O[Si](C)(C)C(C)(C)C)[C@@H](CO[Si](C)(C)C(C)(C)C)O2)c(=O)[nH]c1=O. The molecule has 0 aliphatic carbocycles. The van der Waals surface area contributed by atoms with Gasteiger partial charge in [-0.2, -0.15) is 0 Å². The highest BCUT2D eigenvalue weighted by molar-refractivity contribution is 6.74. The van der Waals surface area contributed by atoms with Crippen molar-refractivity contribution in [2.24, 2.45) is 0 Å². The van der Waals surface area contributed by atoms with E-state index in [4.69, 9.17) is 18.3 Å². The lowest BCUT2D eigenvalue weighted by Gasteiger charge is -2.40. The van der Waals surface area contributed by atoms with Crippen molar-refractivity contribution in [3.05, 3.63) is 68.0 Å². The van der Waals surface area contributed by atoms with Gasteiger partial charge < -0.3 is 18.3 Å². The normalized spacial score (nSPS) is 20.7. The molecule has 224 valence electrons. The maximum Gasteiger partial charge on any atom is 0.330 e. The summed E-state index contributed by atoms with van der Waals surface area (Å²) in [6, 6.07) is 7.97. The first kappa shape index (κ1) is 32.7. The minimum absolute atomic E-state index is 0.0202. The molecule has 1 saturated heterocycles. The molecule has 8 nitrogen and oxygen atoms in total. The van der Waals surface area contributed by atoms with Crippen molar-refractivity contribution in [2.45, 2.75) is 123 Å². The Labute approximate surface area is 241 Å². The van der Waals surface area contributed by atoms with E-state index in [1.165, 1.54) is 4.57 Å². The van der Waals surface area contributed by atoms with Gasteiger partial charge in [-0.05, 0) is 54.3 Å². The number of aryl methyl sites for hydroxylation is 1. The third-order valence-corrected chi connectivity index (χ3v) is 18.0. The predicted molar refractivity (Wildman–Crippen MR) is 165 cm³/mol. The summed E-state index contributed by atoms with van der Waals surface area (Å²) in [4.78, 5) is 28.0. The summed E-state index contributed by atoms with van der Waals surface area (Å²) in [7, 11) is -4.16. The van der Waals surface area contributed by atoms with Crippen molar-refractivity contribution in [1.82, 2.24) is 9.55 Å². The molecular formula is C30H50N2O6Si2. The Hall–Kier alpha value is -1.83. The molecule has 1 aliphatic rings. The molecule has 1 aromatic carbocycles. The molecule has 1 aliphatic heterocycles. The van der Waals surface area contributed by atoms with Gasteiger partial charge in [0.2, 0.25) is 0 Å². The zero-order valence-electron chi connectivity index (χ0n) is 26.3. The molecule has 0 radical (unpaired) electrons. The van der Waals surface area contributed by atoms with Gasteiger partial charge in [0.05, 0.1) is 31.5 Å². The van der Waals surface area contributed by atoms with Crippen LogP contribution < -0.4 is 11.2 Å². The van der Waals surface area contributed by atoms with Crippen LogP contribution in [0.2, 0.25) is 36.3 Å². The lowest BCUT2D eigenvalue weighted by Crippen LogP contribution is -2.48. The van der Waals surface area contributed by atoms with E-state index in [1.54, 1.807) is 6.20 Å². The van der Waals surface area contributed by atoms with Gasteiger partial charge in [-0.15, -0.1) is 0 Å². The Morgan fingerprint density at radius 3 is 2.15 bits per heavy atom. The molecule has 1 fully saturated rings. The predicted octanol–water partition coefficient (Wildman–Crippen LogP) is 6.26. The minimum Gasteiger partial charge on any atom is -0.414 e. The smallest absolute Gasteiger partial charge is 0.330 e. The van der Waals surface area contributed by atoms with Crippen LogP contribution in [0.4, 0.5) is 0 Å².